The average Bonchev–Trinajstić information content (AvgIpc) is 2.96. The Morgan fingerprint density at radius 3 is 2.95 bits per heavy atom. The Bertz CT molecular complexity index is 526. The van der Waals surface area contributed by atoms with Gasteiger partial charge in [-0.15, -0.1) is 0 Å². The number of hydrogen-bond donors (Lipinski definition) is 2. The quantitative estimate of drug-likeness (QED) is 0.761. The number of imidazole rings is 1. The number of aryl methyl sites for hydroxylation is 1. The fourth-order valence-corrected chi connectivity index (χ4v) is 2.13. The van der Waals surface area contributed by atoms with Crippen molar-refractivity contribution in [2.75, 3.05) is 13.7 Å². The molecule has 0 fully saturated rings. The van der Waals surface area contributed by atoms with E-state index in [2.05, 4.69) is 14.9 Å². The van der Waals surface area contributed by atoms with Gasteiger partial charge in [0.05, 0.1) is 13.4 Å². The van der Waals surface area contributed by atoms with Crippen LogP contribution in [0.4, 0.5) is 0 Å². The molecule has 0 amide bonds. The van der Waals surface area contributed by atoms with Gasteiger partial charge in [0.25, 0.3) is 0 Å². The van der Waals surface area contributed by atoms with Crippen molar-refractivity contribution >= 4 is 0 Å². The van der Waals surface area contributed by atoms with Gasteiger partial charge in [0.2, 0.25) is 0 Å². The number of aromatic hydroxyl groups is 1. The maximum Gasteiger partial charge on any atom is 0.124 e. The van der Waals surface area contributed by atoms with Crippen molar-refractivity contribution in [1.29, 1.82) is 0 Å². The SMILES string of the molecule is COc1ccc(C(C)NCCCn2ccnc2)c(O)c1. The minimum Gasteiger partial charge on any atom is -0.507 e. The first-order valence-corrected chi connectivity index (χ1v) is 6.76. The lowest BCUT2D eigenvalue weighted by atomic mass is 10.1. The second kappa shape index (κ2) is 6.96. The van der Waals surface area contributed by atoms with E-state index in [-0.39, 0.29) is 11.8 Å². The largest absolute Gasteiger partial charge is 0.507 e. The molecule has 0 radical (unpaired) electrons. The van der Waals surface area contributed by atoms with Crippen LogP contribution in [-0.2, 0) is 6.54 Å². The topological polar surface area (TPSA) is 59.3 Å². The van der Waals surface area contributed by atoms with Gasteiger partial charge in [0, 0.05) is 36.6 Å². The van der Waals surface area contributed by atoms with Crippen LogP contribution in [0.3, 0.4) is 0 Å². The molecule has 0 aliphatic heterocycles. The van der Waals surface area contributed by atoms with E-state index >= 15 is 0 Å². The molecular weight excluding hydrogens is 254 g/mol. The molecule has 0 bridgehead atoms. The number of hydrogen-bond acceptors (Lipinski definition) is 4. The molecule has 0 aliphatic rings. The van der Waals surface area contributed by atoms with Crippen LogP contribution < -0.4 is 10.1 Å². The Kier molecular flexibility index (Phi) is 5.01. The molecule has 1 atom stereocenters. The summed E-state index contributed by atoms with van der Waals surface area (Å²) in [6.07, 6.45) is 6.57. The van der Waals surface area contributed by atoms with E-state index < -0.39 is 0 Å². The molecule has 0 aliphatic carbocycles. The van der Waals surface area contributed by atoms with Gasteiger partial charge < -0.3 is 19.7 Å². The molecule has 108 valence electrons. The van der Waals surface area contributed by atoms with Gasteiger partial charge in [0.1, 0.15) is 11.5 Å². The number of nitrogens with zero attached hydrogens (tertiary/aromatic N) is 2. The predicted molar refractivity (Wildman–Crippen MR) is 77.9 cm³/mol. The molecule has 0 spiro atoms. The second-order valence-corrected chi connectivity index (χ2v) is 4.75. The first-order valence-electron chi connectivity index (χ1n) is 6.76. The zero-order valence-corrected chi connectivity index (χ0v) is 11.9. The van der Waals surface area contributed by atoms with Gasteiger partial charge in [-0.3, -0.25) is 0 Å². The summed E-state index contributed by atoms with van der Waals surface area (Å²) in [5.74, 6) is 0.928. The van der Waals surface area contributed by atoms with Crippen molar-refractivity contribution < 1.29 is 9.84 Å². The number of methoxy groups -OCH3 is 1. The molecular formula is C15H21N3O2. The lowest BCUT2D eigenvalue weighted by Gasteiger charge is -2.16. The van der Waals surface area contributed by atoms with E-state index in [0.717, 1.165) is 25.1 Å². The summed E-state index contributed by atoms with van der Waals surface area (Å²) in [5.41, 5.74) is 0.883. The van der Waals surface area contributed by atoms with Crippen LogP contribution >= 0.6 is 0 Å². The van der Waals surface area contributed by atoms with Crippen LogP contribution in [0.2, 0.25) is 0 Å². The Balaban J connectivity index is 1.80. The summed E-state index contributed by atoms with van der Waals surface area (Å²) in [6.45, 7) is 3.86. The fourth-order valence-electron chi connectivity index (χ4n) is 2.13. The number of phenolic OH excluding ortho intramolecular Hbond substituents is 1. The normalized spacial score (nSPS) is 12.3. The monoisotopic (exact) mass is 275 g/mol. The van der Waals surface area contributed by atoms with Crippen LogP contribution in [0, 0.1) is 0 Å². The minimum atomic E-state index is 0.101. The van der Waals surface area contributed by atoms with E-state index in [1.165, 1.54) is 0 Å². The first kappa shape index (κ1) is 14.4. The summed E-state index contributed by atoms with van der Waals surface area (Å²) < 4.78 is 7.13. The summed E-state index contributed by atoms with van der Waals surface area (Å²) in [6, 6.07) is 5.49. The Morgan fingerprint density at radius 1 is 1.45 bits per heavy atom. The highest BCUT2D eigenvalue weighted by atomic mass is 16.5. The van der Waals surface area contributed by atoms with Crippen LogP contribution in [0.1, 0.15) is 24.9 Å². The summed E-state index contributed by atoms with van der Waals surface area (Å²) in [4.78, 5) is 4.01. The molecule has 20 heavy (non-hydrogen) atoms. The second-order valence-electron chi connectivity index (χ2n) is 4.75. The molecule has 2 N–H and O–H groups in total. The van der Waals surface area contributed by atoms with Gasteiger partial charge in [0.15, 0.2) is 0 Å². The number of nitrogens with one attached hydrogen (secondary N) is 1. The highest BCUT2D eigenvalue weighted by Gasteiger charge is 2.10. The van der Waals surface area contributed by atoms with Gasteiger partial charge in [-0.25, -0.2) is 4.98 Å². The lowest BCUT2D eigenvalue weighted by molar-refractivity contribution is 0.403. The summed E-state index contributed by atoms with van der Waals surface area (Å²) >= 11 is 0. The number of benzene rings is 1. The molecule has 1 aromatic carbocycles. The van der Waals surface area contributed by atoms with Crippen LogP contribution in [0.25, 0.3) is 0 Å². The van der Waals surface area contributed by atoms with E-state index in [4.69, 9.17) is 4.74 Å². The average molecular weight is 275 g/mol. The van der Waals surface area contributed by atoms with Crippen molar-refractivity contribution in [3.63, 3.8) is 0 Å². The molecule has 0 saturated heterocycles. The van der Waals surface area contributed by atoms with E-state index in [1.54, 1.807) is 19.4 Å². The molecule has 5 nitrogen and oxygen atoms in total. The highest BCUT2D eigenvalue weighted by Crippen LogP contribution is 2.28. The Morgan fingerprint density at radius 2 is 2.30 bits per heavy atom. The van der Waals surface area contributed by atoms with E-state index in [1.807, 2.05) is 31.6 Å². The summed E-state index contributed by atoms with van der Waals surface area (Å²) in [7, 11) is 1.59. The van der Waals surface area contributed by atoms with Crippen LogP contribution in [0.5, 0.6) is 11.5 Å². The Hall–Kier alpha value is -2.01. The lowest BCUT2D eigenvalue weighted by Crippen LogP contribution is -2.21. The van der Waals surface area contributed by atoms with Gasteiger partial charge >= 0.3 is 0 Å². The van der Waals surface area contributed by atoms with Gasteiger partial charge in [-0.2, -0.15) is 0 Å². The molecule has 1 heterocycles. The molecule has 2 rings (SSSR count). The molecule has 1 aromatic heterocycles. The van der Waals surface area contributed by atoms with E-state index in [9.17, 15) is 5.11 Å². The summed E-state index contributed by atoms with van der Waals surface area (Å²) in [5, 5.41) is 13.4. The van der Waals surface area contributed by atoms with Crippen molar-refractivity contribution in [2.24, 2.45) is 0 Å². The van der Waals surface area contributed by atoms with Gasteiger partial charge in [-0.1, -0.05) is 6.07 Å². The van der Waals surface area contributed by atoms with Crippen LogP contribution in [0.15, 0.2) is 36.9 Å². The number of aromatic nitrogens is 2. The number of phenols is 1. The van der Waals surface area contributed by atoms with Gasteiger partial charge in [-0.05, 0) is 26.0 Å². The zero-order chi connectivity index (χ0) is 14.4. The minimum absolute atomic E-state index is 0.101. The number of ether oxygens (including phenoxy) is 1. The smallest absolute Gasteiger partial charge is 0.124 e. The maximum atomic E-state index is 9.97. The third-order valence-corrected chi connectivity index (χ3v) is 3.31. The molecule has 5 heteroatoms. The third kappa shape index (κ3) is 3.74. The predicted octanol–water partition coefficient (Wildman–Crippen LogP) is 2.34. The molecule has 0 saturated carbocycles. The van der Waals surface area contributed by atoms with Crippen molar-refractivity contribution in [1.82, 2.24) is 14.9 Å². The zero-order valence-electron chi connectivity index (χ0n) is 11.9. The van der Waals surface area contributed by atoms with Crippen molar-refractivity contribution in [3.8, 4) is 11.5 Å². The van der Waals surface area contributed by atoms with E-state index in [0.29, 0.717) is 5.75 Å². The fraction of sp³-hybridized carbons (Fsp3) is 0.400. The molecule has 1 unspecified atom stereocenters. The Labute approximate surface area is 119 Å². The number of rotatable bonds is 7. The standard InChI is InChI=1S/C15H21N3O2/c1-12(14-5-4-13(20-2)10-15(14)19)17-6-3-8-18-9-7-16-11-18/h4-5,7,9-12,17,19H,3,6,8H2,1-2H3. The highest BCUT2D eigenvalue weighted by molar-refractivity contribution is 5.41. The third-order valence-electron chi connectivity index (χ3n) is 3.31. The van der Waals surface area contributed by atoms with Crippen molar-refractivity contribution in [3.05, 3.63) is 42.5 Å². The molecule has 2 aromatic rings. The maximum absolute atomic E-state index is 9.97. The first-order chi connectivity index (χ1) is 9.70. The van der Waals surface area contributed by atoms with Crippen molar-refractivity contribution in [2.45, 2.75) is 25.9 Å². The van der Waals surface area contributed by atoms with Crippen LogP contribution in [-0.4, -0.2) is 28.3 Å².